The van der Waals surface area contributed by atoms with Crippen LogP contribution in [-0.4, -0.2) is 12.1 Å². The normalized spacial score (nSPS) is 15.6. The summed E-state index contributed by atoms with van der Waals surface area (Å²) in [5, 5.41) is 3.60. The van der Waals surface area contributed by atoms with E-state index in [9.17, 15) is 0 Å². The van der Waals surface area contributed by atoms with E-state index in [1.54, 1.807) is 11.1 Å². The van der Waals surface area contributed by atoms with Crippen molar-refractivity contribution >= 4 is 0 Å². The zero-order valence-electron chi connectivity index (χ0n) is 13.3. The number of nitrogens with one attached hydrogen (secondary N) is 1. The number of benzene rings is 1. The third-order valence-electron chi connectivity index (χ3n) is 4.29. The summed E-state index contributed by atoms with van der Waals surface area (Å²) in [6.45, 7) is 12.5. The van der Waals surface area contributed by atoms with Gasteiger partial charge in [-0.3, -0.25) is 0 Å². The fraction of sp³-hybridized carbons (Fsp3) is 0.667. The Bertz CT molecular complexity index is 437. The van der Waals surface area contributed by atoms with Crippen LogP contribution in [-0.2, 0) is 18.3 Å². The van der Waals surface area contributed by atoms with Gasteiger partial charge in [0.25, 0.3) is 0 Å². The van der Waals surface area contributed by atoms with Gasteiger partial charge in [-0.2, -0.15) is 0 Å². The van der Waals surface area contributed by atoms with Crippen LogP contribution in [0.5, 0.6) is 0 Å². The molecule has 0 saturated heterocycles. The molecule has 1 nitrogen and oxygen atoms in total. The van der Waals surface area contributed by atoms with Gasteiger partial charge in [-0.1, -0.05) is 32.0 Å². The zero-order valence-corrected chi connectivity index (χ0v) is 13.3. The number of hydrogen-bond donors (Lipinski definition) is 1. The summed E-state index contributed by atoms with van der Waals surface area (Å²) in [5.74, 6) is 0. The molecule has 1 aromatic carbocycles. The Morgan fingerprint density at radius 2 is 1.68 bits per heavy atom. The van der Waals surface area contributed by atoms with E-state index in [2.05, 4.69) is 58.1 Å². The van der Waals surface area contributed by atoms with Crippen LogP contribution in [0.3, 0.4) is 0 Å². The first-order chi connectivity index (χ1) is 8.78. The maximum atomic E-state index is 3.60. The molecule has 1 aromatic rings. The van der Waals surface area contributed by atoms with Gasteiger partial charge in [0.15, 0.2) is 0 Å². The largest absolute Gasteiger partial charge is 0.312 e. The summed E-state index contributed by atoms with van der Waals surface area (Å²) in [7, 11) is 0. The third-order valence-corrected chi connectivity index (χ3v) is 4.29. The van der Waals surface area contributed by atoms with Crippen LogP contribution in [0.1, 0.15) is 64.2 Å². The van der Waals surface area contributed by atoms with E-state index in [1.807, 2.05) is 0 Å². The molecule has 0 saturated carbocycles. The van der Waals surface area contributed by atoms with Gasteiger partial charge in [0, 0.05) is 5.54 Å². The van der Waals surface area contributed by atoms with Gasteiger partial charge in [-0.25, -0.2) is 0 Å². The maximum Gasteiger partial charge on any atom is 0.00965 e. The smallest absolute Gasteiger partial charge is 0.00965 e. The third kappa shape index (κ3) is 3.82. The Labute approximate surface area is 118 Å². The number of aryl methyl sites for hydroxylation is 2. The van der Waals surface area contributed by atoms with Crippen LogP contribution >= 0.6 is 0 Å². The summed E-state index contributed by atoms with van der Waals surface area (Å²) in [5.41, 5.74) is 5.15. The lowest BCUT2D eigenvalue weighted by atomic mass is 9.80. The van der Waals surface area contributed by atoms with Crippen LogP contribution in [0.4, 0.5) is 0 Å². The molecule has 1 heteroatoms. The molecule has 0 fully saturated rings. The molecule has 0 amide bonds. The highest BCUT2D eigenvalue weighted by molar-refractivity contribution is 5.38. The van der Waals surface area contributed by atoms with Crippen LogP contribution in [0, 0.1) is 0 Å². The minimum absolute atomic E-state index is 0.216. The van der Waals surface area contributed by atoms with Gasteiger partial charge in [0.05, 0.1) is 0 Å². The number of fused-ring (bicyclic) bond motifs is 1. The molecule has 106 valence electrons. The van der Waals surface area contributed by atoms with Crippen molar-refractivity contribution in [3.05, 3.63) is 34.9 Å². The summed E-state index contributed by atoms with van der Waals surface area (Å²) in [6, 6.07) is 7.16. The summed E-state index contributed by atoms with van der Waals surface area (Å²) < 4.78 is 0. The molecule has 0 aromatic heterocycles. The Hall–Kier alpha value is -0.820. The predicted molar refractivity (Wildman–Crippen MR) is 83.9 cm³/mol. The molecule has 0 atom stereocenters. The molecule has 0 radical (unpaired) electrons. The van der Waals surface area contributed by atoms with Crippen molar-refractivity contribution in [2.45, 2.75) is 71.3 Å². The lowest BCUT2D eigenvalue weighted by Crippen LogP contribution is -2.38. The monoisotopic (exact) mass is 259 g/mol. The lowest BCUT2D eigenvalue weighted by molar-refractivity contribution is 0.379. The maximum absolute atomic E-state index is 3.60. The van der Waals surface area contributed by atoms with Crippen molar-refractivity contribution in [1.82, 2.24) is 5.32 Å². The number of hydrogen-bond acceptors (Lipinski definition) is 1. The Morgan fingerprint density at radius 1 is 1.00 bits per heavy atom. The Balaban J connectivity index is 2.03. The van der Waals surface area contributed by atoms with E-state index >= 15 is 0 Å². The van der Waals surface area contributed by atoms with Crippen molar-refractivity contribution in [2.75, 3.05) is 6.54 Å². The van der Waals surface area contributed by atoms with Crippen molar-refractivity contribution < 1.29 is 0 Å². The molecule has 0 bridgehead atoms. The molecule has 0 unspecified atom stereocenters. The highest BCUT2D eigenvalue weighted by Gasteiger charge is 2.23. The minimum Gasteiger partial charge on any atom is -0.312 e. The molecular weight excluding hydrogens is 230 g/mol. The Kier molecular flexibility index (Phi) is 4.06. The summed E-state index contributed by atoms with van der Waals surface area (Å²) >= 11 is 0. The van der Waals surface area contributed by atoms with Gasteiger partial charge >= 0.3 is 0 Å². The standard InChI is InChI=1S/C18H29N/c1-17(2,3)19-12-11-18(4,5)16-10-9-14-7-6-8-15(14)13-16/h9-10,13,19H,6-8,11-12H2,1-5H3. The second-order valence-electron chi connectivity index (χ2n) is 7.65. The zero-order chi connectivity index (χ0) is 14.1. The average Bonchev–Trinajstić information content (AvgIpc) is 2.73. The van der Waals surface area contributed by atoms with Gasteiger partial charge in [-0.15, -0.1) is 0 Å². The van der Waals surface area contributed by atoms with Crippen LogP contribution in [0.25, 0.3) is 0 Å². The quantitative estimate of drug-likeness (QED) is 0.853. The van der Waals surface area contributed by atoms with E-state index in [1.165, 1.54) is 31.2 Å². The SMILES string of the molecule is CC(C)(C)NCCC(C)(C)c1ccc2c(c1)CCC2. The van der Waals surface area contributed by atoms with Crippen LogP contribution < -0.4 is 5.32 Å². The lowest BCUT2D eigenvalue weighted by Gasteiger charge is -2.29. The van der Waals surface area contributed by atoms with E-state index in [0.29, 0.717) is 0 Å². The fourth-order valence-electron chi connectivity index (χ4n) is 2.89. The van der Waals surface area contributed by atoms with Crippen LogP contribution in [0.15, 0.2) is 18.2 Å². The first-order valence-corrected chi connectivity index (χ1v) is 7.65. The van der Waals surface area contributed by atoms with Gasteiger partial charge in [-0.05, 0) is 75.1 Å². The van der Waals surface area contributed by atoms with Crippen molar-refractivity contribution in [3.8, 4) is 0 Å². The van der Waals surface area contributed by atoms with Gasteiger partial charge < -0.3 is 5.32 Å². The highest BCUT2D eigenvalue weighted by atomic mass is 14.9. The molecule has 0 aliphatic heterocycles. The van der Waals surface area contributed by atoms with E-state index in [0.717, 1.165) is 6.54 Å². The second-order valence-corrected chi connectivity index (χ2v) is 7.65. The van der Waals surface area contributed by atoms with Crippen molar-refractivity contribution in [1.29, 1.82) is 0 Å². The first-order valence-electron chi connectivity index (χ1n) is 7.65. The molecule has 1 aliphatic rings. The van der Waals surface area contributed by atoms with E-state index in [4.69, 9.17) is 0 Å². The average molecular weight is 259 g/mol. The second kappa shape index (κ2) is 5.28. The van der Waals surface area contributed by atoms with E-state index < -0.39 is 0 Å². The molecule has 1 N–H and O–H groups in total. The highest BCUT2D eigenvalue weighted by Crippen LogP contribution is 2.31. The van der Waals surface area contributed by atoms with Crippen molar-refractivity contribution in [3.63, 3.8) is 0 Å². The fourth-order valence-corrected chi connectivity index (χ4v) is 2.89. The summed E-state index contributed by atoms with van der Waals surface area (Å²) in [6.07, 6.45) is 5.08. The molecule has 0 spiro atoms. The topological polar surface area (TPSA) is 12.0 Å². The number of rotatable bonds is 4. The molecule has 1 aliphatic carbocycles. The van der Waals surface area contributed by atoms with E-state index in [-0.39, 0.29) is 11.0 Å². The predicted octanol–water partition coefficient (Wildman–Crippen LogP) is 4.23. The molecular formula is C18H29N. The Morgan fingerprint density at radius 3 is 2.37 bits per heavy atom. The first kappa shape index (κ1) is 14.6. The molecule has 19 heavy (non-hydrogen) atoms. The van der Waals surface area contributed by atoms with Gasteiger partial charge in [0.1, 0.15) is 0 Å². The summed E-state index contributed by atoms with van der Waals surface area (Å²) in [4.78, 5) is 0. The van der Waals surface area contributed by atoms with Crippen LogP contribution in [0.2, 0.25) is 0 Å². The van der Waals surface area contributed by atoms with Gasteiger partial charge in [0.2, 0.25) is 0 Å². The molecule has 0 heterocycles. The minimum atomic E-state index is 0.216. The van der Waals surface area contributed by atoms with Crippen molar-refractivity contribution in [2.24, 2.45) is 0 Å². The molecule has 2 rings (SSSR count).